The number of benzene rings is 2. The highest BCUT2D eigenvalue weighted by molar-refractivity contribution is 6.40. The average Bonchev–Trinajstić information content (AvgIpc) is 2.93. The number of hydrogen-bond acceptors (Lipinski definition) is 3. The summed E-state index contributed by atoms with van der Waals surface area (Å²) in [6.45, 7) is 2.12. The SMILES string of the molecule is CC(=O)N1CCc2cc(C(=O)Oc3c(Cl)cc(Cl)cc3Cl)ccc21. The summed E-state index contributed by atoms with van der Waals surface area (Å²) in [5.41, 5.74) is 2.11. The van der Waals surface area contributed by atoms with E-state index in [0.717, 1.165) is 11.3 Å². The number of anilines is 1. The molecule has 1 amide bonds. The summed E-state index contributed by atoms with van der Waals surface area (Å²) in [7, 11) is 0. The highest BCUT2D eigenvalue weighted by atomic mass is 35.5. The fourth-order valence-electron chi connectivity index (χ4n) is 2.63. The molecule has 0 fully saturated rings. The molecule has 1 aliphatic heterocycles. The number of carbonyl (C=O) groups is 2. The van der Waals surface area contributed by atoms with E-state index < -0.39 is 5.97 Å². The Morgan fingerprint density at radius 2 is 1.75 bits per heavy atom. The second kappa shape index (κ2) is 6.63. The zero-order valence-electron chi connectivity index (χ0n) is 12.6. The molecule has 0 saturated carbocycles. The smallest absolute Gasteiger partial charge is 0.343 e. The number of nitrogens with zero attached hydrogens (tertiary/aromatic N) is 1. The monoisotopic (exact) mass is 383 g/mol. The third kappa shape index (κ3) is 3.22. The van der Waals surface area contributed by atoms with Crippen LogP contribution in [0.15, 0.2) is 30.3 Å². The van der Waals surface area contributed by atoms with E-state index in [9.17, 15) is 9.59 Å². The Kier molecular flexibility index (Phi) is 4.72. The maximum absolute atomic E-state index is 12.4. The summed E-state index contributed by atoms with van der Waals surface area (Å²) in [5, 5.41) is 0.668. The molecule has 0 aromatic heterocycles. The van der Waals surface area contributed by atoms with Gasteiger partial charge in [-0.25, -0.2) is 4.79 Å². The number of esters is 1. The van der Waals surface area contributed by atoms with Crippen molar-refractivity contribution in [3.8, 4) is 5.75 Å². The molecule has 3 rings (SSSR count). The highest BCUT2D eigenvalue weighted by Crippen LogP contribution is 2.36. The van der Waals surface area contributed by atoms with Crippen LogP contribution in [-0.4, -0.2) is 18.4 Å². The third-order valence-corrected chi connectivity index (χ3v) is 4.53. The third-order valence-electron chi connectivity index (χ3n) is 3.75. The number of rotatable bonds is 2. The molecule has 24 heavy (non-hydrogen) atoms. The zero-order valence-corrected chi connectivity index (χ0v) is 14.9. The number of halogens is 3. The molecule has 2 aromatic rings. The van der Waals surface area contributed by atoms with Gasteiger partial charge in [0.15, 0.2) is 5.75 Å². The number of fused-ring (bicyclic) bond motifs is 1. The van der Waals surface area contributed by atoms with Crippen LogP contribution in [0.3, 0.4) is 0 Å². The van der Waals surface area contributed by atoms with Crippen LogP contribution in [-0.2, 0) is 11.2 Å². The molecule has 1 aliphatic rings. The van der Waals surface area contributed by atoms with Gasteiger partial charge in [0.25, 0.3) is 0 Å². The maximum atomic E-state index is 12.4. The van der Waals surface area contributed by atoms with E-state index in [1.54, 1.807) is 23.1 Å². The molecular weight excluding hydrogens is 373 g/mol. The lowest BCUT2D eigenvalue weighted by molar-refractivity contribution is -0.116. The van der Waals surface area contributed by atoms with Crippen LogP contribution < -0.4 is 9.64 Å². The minimum Gasteiger partial charge on any atom is -0.420 e. The van der Waals surface area contributed by atoms with Crippen LogP contribution in [0.1, 0.15) is 22.8 Å². The Labute approximate surface area is 153 Å². The molecule has 7 heteroatoms. The van der Waals surface area contributed by atoms with Crippen molar-refractivity contribution in [2.45, 2.75) is 13.3 Å². The molecule has 1 heterocycles. The van der Waals surface area contributed by atoms with Gasteiger partial charge in [0.05, 0.1) is 15.6 Å². The van der Waals surface area contributed by atoms with E-state index in [-0.39, 0.29) is 21.7 Å². The van der Waals surface area contributed by atoms with Crippen molar-refractivity contribution >= 4 is 52.4 Å². The Balaban J connectivity index is 1.86. The minimum absolute atomic E-state index is 0.0243. The van der Waals surface area contributed by atoms with Gasteiger partial charge < -0.3 is 9.64 Å². The van der Waals surface area contributed by atoms with Crippen LogP contribution in [0.4, 0.5) is 5.69 Å². The van der Waals surface area contributed by atoms with Gasteiger partial charge in [-0.1, -0.05) is 34.8 Å². The van der Waals surface area contributed by atoms with Gasteiger partial charge in [0.1, 0.15) is 0 Å². The Bertz CT molecular complexity index is 828. The quantitative estimate of drug-likeness (QED) is 0.553. The lowest BCUT2D eigenvalue weighted by Gasteiger charge is -2.15. The van der Waals surface area contributed by atoms with Crippen LogP contribution in [0.2, 0.25) is 15.1 Å². The number of amides is 1. The minimum atomic E-state index is -0.579. The summed E-state index contributed by atoms with van der Waals surface area (Å²) >= 11 is 17.9. The summed E-state index contributed by atoms with van der Waals surface area (Å²) in [6, 6.07) is 7.97. The Morgan fingerprint density at radius 3 is 2.38 bits per heavy atom. The van der Waals surface area contributed by atoms with E-state index in [2.05, 4.69) is 0 Å². The second-order valence-corrected chi connectivity index (χ2v) is 6.60. The lowest BCUT2D eigenvalue weighted by atomic mass is 10.1. The predicted octanol–water partition coefficient (Wildman–Crippen LogP) is 4.78. The normalized spacial score (nSPS) is 12.9. The van der Waals surface area contributed by atoms with Crippen molar-refractivity contribution in [1.29, 1.82) is 0 Å². The average molecular weight is 385 g/mol. The van der Waals surface area contributed by atoms with Gasteiger partial charge in [-0.05, 0) is 42.3 Å². The molecule has 0 saturated heterocycles. The molecule has 0 unspecified atom stereocenters. The molecule has 0 bridgehead atoms. The molecule has 4 nitrogen and oxygen atoms in total. The fraction of sp³-hybridized carbons (Fsp3) is 0.176. The molecule has 0 radical (unpaired) electrons. The van der Waals surface area contributed by atoms with Gasteiger partial charge in [-0.2, -0.15) is 0 Å². The Morgan fingerprint density at radius 1 is 1.08 bits per heavy atom. The number of hydrogen-bond donors (Lipinski definition) is 0. The van der Waals surface area contributed by atoms with Gasteiger partial charge >= 0.3 is 5.97 Å². The van der Waals surface area contributed by atoms with Crippen LogP contribution in [0.5, 0.6) is 5.75 Å². The van der Waals surface area contributed by atoms with E-state index in [1.807, 2.05) is 0 Å². The van der Waals surface area contributed by atoms with Crippen LogP contribution >= 0.6 is 34.8 Å². The highest BCUT2D eigenvalue weighted by Gasteiger charge is 2.24. The molecule has 0 spiro atoms. The first-order valence-electron chi connectivity index (χ1n) is 7.14. The van der Waals surface area contributed by atoms with Gasteiger partial charge in [-0.3, -0.25) is 4.79 Å². The molecule has 124 valence electrons. The lowest BCUT2D eigenvalue weighted by Crippen LogP contribution is -2.25. The zero-order chi connectivity index (χ0) is 17.4. The first-order chi connectivity index (χ1) is 11.4. The molecular formula is C17H12Cl3NO3. The van der Waals surface area contributed by atoms with E-state index in [1.165, 1.54) is 19.1 Å². The molecule has 2 aromatic carbocycles. The first-order valence-corrected chi connectivity index (χ1v) is 8.28. The van der Waals surface area contributed by atoms with Crippen molar-refractivity contribution in [2.24, 2.45) is 0 Å². The van der Waals surface area contributed by atoms with Crippen molar-refractivity contribution in [3.63, 3.8) is 0 Å². The summed E-state index contributed by atoms with van der Waals surface area (Å²) in [5.74, 6) is -0.535. The van der Waals surface area contributed by atoms with Gasteiger partial charge in [0, 0.05) is 24.2 Å². The van der Waals surface area contributed by atoms with Crippen molar-refractivity contribution < 1.29 is 14.3 Å². The van der Waals surface area contributed by atoms with Crippen molar-refractivity contribution in [3.05, 3.63) is 56.5 Å². The molecule has 0 atom stereocenters. The molecule has 0 N–H and O–H groups in total. The van der Waals surface area contributed by atoms with Crippen molar-refractivity contribution in [2.75, 3.05) is 11.4 Å². The Hall–Kier alpha value is -1.75. The largest absolute Gasteiger partial charge is 0.420 e. The summed E-state index contributed by atoms with van der Waals surface area (Å²) < 4.78 is 5.31. The van der Waals surface area contributed by atoms with E-state index in [0.29, 0.717) is 23.6 Å². The number of ether oxygens (including phenoxy) is 1. The molecule has 0 aliphatic carbocycles. The summed E-state index contributed by atoms with van der Waals surface area (Å²) in [6.07, 6.45) is 0.693. The van der Waals surface area contributed by atoms with Crippen molar-refractivity contribution in [1.82, 2.24) is 0 Å². The van der Waals surface area contributed by atoms with E-state index in [4.69, 9.17) is 39.5 Å². The topological polar surface area (TPSA) is 46.6 Å². The number of carbonyl (C=O) groups excluding carboxylic acids is 2. The van der Waals surface area contributed by atoms with E-state index >= 15 is 0 Å². The first kappa shape index (κ1) is 17.1. The van der Waals surface area contributed by atoms with Crippen LogP contribution in [0.25, 0.3) is 0 Å². The van der Waals surface area contributed by atoms with Gasteiger partial charge in [-0.15, -0.1) is 0 Å². The summed E-state index contributed by atoms with van der Waals surface area (Å²) in [4.78, 5) is 25.6. The standard InChI is InChI=1S/C17H12Cl3NO3/c1-9(22)21-5-4-10-6-11(2-3-15(10)21)17(23)24-16-13(19)7-12(18)8-14(16)20/h2-3,6-8H,4-5H2,1H3. The second-order valence-electron chi connectivity index (χ2n) is 5.35. The van der Waals surface area contributed by atoms with Gasteiger partial charge in [0.2, 0.25) is 5.91 Å². The van der Waals surface area contributed by atoms with Crippen LogP contribution in [0, 0.1) is 0 Å². The maximum Gasteiger partial charge on any atom is 0.343 e. The predicted molar refractivity (Wildman–Crippen MR) is 94.6 cm³/mol. The fourth-order valence-corrected chi connectivity index (χ4v) is 3.53.